The molecule has 1 rings (SSSR count). The summed E-state index contributed by atoms with van der Waals surface area (Å²) in [5.41, 5.74) is 0.318. The van der Waals surface area contributed by atoms with E-state index in [0.29, 0.717) is 18.7 Å². The molecule has 1 aliphatic heterocycles. The summed E-state index contributed by atoms with van der Waals surface area (Å²) in [5.74, 6) is 1.80. The first-order chi connectivity index (χ1) is 6.99. The fourth-order valence-electron chi connectivity index (χ4n) is 0.794. The van der Waals surface area contributed by atoms with Crippen LogP contribution in [0.15, 0.2) is 5.70 Å². The number of carbonyl (C=O) groups is 1. The zero-order chi connectivity index (χ0) is 11.7. The van der Waals surface area contributed by atoms with Crippen LogP contribution in [0.3, 0.4) is 0 Å². The van der Waals surface area contributed by atoms with Gasteiger partial charge >= 0.3 is 0 Å². The van der Waals surface area contributed by atoms with E-state index in [2.05, 4.69) is 15.4 Å². The Labute approximate surface area is 89.9 Å². The van der Waals surface area contributed by atoms with Crippen molar-refractivity contribution in [2.45, 2.75) is 26.4 Å². The van der Waals surface area contributed by atoms with Gasteiger partial charge in [0, 0.05) is 19.6 Å². The molecule has 0 saturated carbocycles. The van der Waals surface area contributed by atoms with E-state index in [-0.39, 0.29) is 5.60 Å². The van der Waals surface area contributed by atoms with Crippen LogP contribution in [-0.2, 0) is 14.3 Å². The van der Waals surface area contributed by atoms with Crippen LogP contribution in [0.2, 0.25) is 0 Å². The highest BCUT2D eigenvalue weighted by molar-refractivity contribution is 5.52. The quantitative estimate of drug-likeness (QED) is 0.469. The summed E-state index contributed by atoms with van der Waals surface area (Å²) in [6, 6.07) is 0. The molecule has 86 valence electrons. The molecule has 5 heteroatoms. The molecule has 0 unspecified atom stereocenters. The van der Waals surface area contributed by atoms with Gasteiger partial charge in [-0.05, 0) is 20.8 Å². The summed E-state index contributed by atoms with van der Waals surface area (Å²) in [5, 5.41) is 5.92. The van der Waals surface area contributed by atoms with Gasteiger partial charge in [-0.3, -0.25) is 4.79 Å². The van der Waals surface area contributed by atoms with Crippen LogP contribution in [0, 0.1) is 0 Å². The molecule has 0 amide bonds. The summed E-state index contributed by atoms with van der Waals surface area (Å²) in [7, 11) is 0. The molecule has 0 bridgehead atoms. The van der Waals surface area contributed by atoms with Crippen molar-refractivity contribution in [3.63, 3.8) is 0 Å². The van der Waals surface area contributed by atoms with Crippen LogP contribution in [0.25, 0.3) is 0 Å². The smallest absolute Gasteiger partial charge is 0.293 e. The zero-order valence-electron chi connectivity index (χ0n) is 9.42. The maximum Gasteiger partial charge on any atom is 0.293 e. The molecule has 5 nitrogen and oxygen atoms in total. The molecule has 0 atom stereocenters. The summed E-state index contributed by atoms with van der Waals surface area (Å²) in [6.45, 7) is 8.34. The third-order valence-corrected chi connectivity index (χ3v) is 1.47. The molecule has 15 heavy (non-hydrogen) atoms. The maximum absolute atomic E-state index is 9.90. The van der Waals surface area contributed by atoms with Gasteiger partial charge in [-0.15, -0.1) is 0 Å². The van der Waals surface area contributed by atoms with Gasteiger partial charge in [0.25, 0.3) is 6.47 Å². The van der Waals surface area contributed by atoms with Gasteiger partial charge < -0.3 is 15.4 Å². The lowest BCUT2D eigenvalue weighted by Crippen LogP contribution is -2.38. The predicted molar refractivity (Wildman–Crippen MR) is 57.0 cm³/mol. The molecule has 1 aliphatic rings. The molecule has 0 aromatic rings. The van der Waals surface area contributed by atoms with Crippen molar-refractivity contribution in [2.75, 3.05) is 19.6 Å². The average molecular weight is 214 g/mol. The van der Waals surface area contributed by atoms with Crippen LogP contribution in [-0.4, -0.2) is 37.6 Å². The molecular weight excluding hydrogens is 196 g/mol. The SMILES string of the molecule is CC(C)(C)OC=O.O=C=C1CNCCN1. The molecule has 1 fully saturated rings. The minimum absolute atomic E-state index is 0.318. The first kappa shape index (κ1) is 13.7. The van der Waals surface area contributed by atoms with Crippen LogP contribution < -0.4 is 10.6 Å². The van der Waals surface area contributed by atoms with Crippen LogP contribution in [0.1, 0.15) is 20.8 Å². The highest BCUT2D eigenvalue weighted by Crippen LogP contribution is 2.02. The Balaban J connectivity index is 0.000000265. The first-order valence-corrected chi connectivity index (χ1v) is 4.79. The van der Waals surface area contributed by atoms with E-state index in [0.717, 1.165) is 13.1 Å². The number of hydrogen-bond donors (Lipinski definition) is 2. The van der Waals surface area contributed by atoms with Crippen molar-refractivity contribution in [3.05, 3.63) is 5.70 Å². The van der Waals surface area contributed by atoms with E-state index < -0.39 is 0 Å². The molecule has 0 aliphatic carbocycles. The van der Waals surface area contributed by atoms with Gasteiger partial charge in [0.1, 0.15) is 17.2 Å². The topological polar surface area (TPSA) is 67.4 Å². The third-order valence-electron chi connectivity index (χ3n) is 1.47. The molecule has 2 N–H and O–H groups in total. The van der Waals surface area contributed by atoms with Crippen LogP contribution in [0.4, 0.5) is 0 Å². The summed E-state index contributed by atoms with van der Waals surface area (Å²) < 4.78 is 4.55. The van der Waals surface area contributed by atoms with Gasteiger partial charge in [-0.2, -0.15) is 0 Å². The monoisotopic (exact) mass is 214 g/mol. The Hall–Kier alpha value is -1.32. The third kappa shape index (κ3) is 9.00. The van der Waals surface area contributed by atoms with E-state index >= 15 is 0 Å². The molecule has 0 aromatic heterocycles. The Morgan fingerprint density at radius 2 is 2.07 bits per heavy atom. The molecule has 1 saturated heterocycles. The van der Waals surface area contributed by atoms with Gasteiger partial charge in [0.2, 0.25) is 0 Å². The lowest BCUT2D eigenvalue weighted by molar-refractivity contribution is -0.138. The Morgan fingerprint density at radius 1 is 1.40 bits per heavy atom. The Kier molecular flexibility index (Phi) is 6.42. The number of piperazine rings is 1. The summed E-state index contributed by atoms with van der Waals surface area (Å²) in [6.07, 6.45) is 0. The van der Waals surface area contributed by atoms with E-state index in [1.807, 2.05) is 20.8 Å². The van der Waals surface area contributed by atoms with Crippen molar-refractivity contribution in [1.82, 2.24) is 10.6 Å². The van der Waals surface area contributed by atoms with Gasteiger partial charge in [0.05, 0.1) is 0 Å². The average Bonchev–Trinajstić information content (AvgIpc) is 2.18. The predicted octanol–water partition coefficient (Wildman–Crippen LogP) is -0.147. The second-order valence-corrected chi connectivity index (χ2v) is 4.01. The number of hydrogen-bond acceptors (Lipinski definition) is 5. The summed E-state index contributed by atoms with van der Waals surface area (Å²) >= 11 is 0. The number of nitrogens with one attached hydrogen (secondary N) is 2. The van der Waals surface area contributed by atoms with Gasteiger partial charge in [0.15, 0.2) is 0 Å². The van der Waals surface area contributed by atoms with Crippen molar-refractivity contribution in [2.24, 2.45) is 0 Å². The second-order valence-electron chi connectivity index (χ2n) is 4.01. The lowest BCUT2D eigenvalue weighted by Gasteiger charge is -2.14. The fourth-order valence-corrected chi connectivity index (χ4v) is 0.794. The highest BCUT2D eigenvalue weighted by Gasteiger charge is 2.07. The van der Waals surface area contributed by atoms with Crippen molar-refractivity contribution >= 4 is 12.4 Å². The van der Waals surface area contributed by atoms with Crippen molar-refractivity contribution in [3.8, 4) is 0 Å². The van der Waals surface area contributed by atoms with Crippen LogP contribution >= 0.6 is 0 Å². The molecule has 1 heterocycles. The first-order valence-electron chi connectivity index (χ1n) is 4.79. The van der Waals surface area contributed by atoms with E-state index in [9.17, 15) is 9.59 Å². The van der Waals surface area contributed by atoms with Crippen LogP contribution in [0.5, 0.6) is 0 Å². The number of rotatable bonds is 1. The summed E-state index contributed by atoms with van der Waals surface area (Å²) in [4.78, 5) is 19.5. The number of carbonyl (C=O) groups excluding carboxylic acids is 2. The van der Waals surface area contributed by atoms with Gasteiger partial charge in [-0.25, -0.2) is 4.79 Å². The lowest BCUT2D eigenvalue weighted by atomic mass is 10.2. The Bertz CT molecular complexity index is 232. The highest BCUT2D eigenvalue weighted by atomic mass is 16.5. The normalized spacial score (nSPS) is 15.3. The molecule has 0 radical (unpaired) electrons. The molecule has 0 aromatic carbocycles. The molecular formula is C10H18N2O3. The minimum atomic E-state index is -0.318. The standard InChI is InChI=1S/C5H8N2O.C5H10O2/c8-4-5-3-6-1-2-7-5;1-5(2,3)7-4-6/h6-7H,1-3H2;4H,1-3H3. The van der Waals surface area contributed by atoms with E-state index in [1.165, 1.54) is 0 Å². The van der Waals surface area contributed by atoms with Gasteiger partial charge in [-0.1, -0.05) is 0 Å². The maximum atomic E-state index is 9.90. The zero-order valence-corrected chi connectivity index (χ0v) is 9.42. The van der Waals surface area contributed by atoms with E-state index in [4.69, 9.17) is 0 Å². The van der Waals surface area contributed by atoms with Crippen molar-refractivity contribution < 1.29 is 14.3 Å². The minimum Gasteiger partial charge on any atom is -0.462 e. The number of ether oxygens (including phenoxy) is 1. The molecule has 0 spiro atoms. The largest absolute Gasteiger partial charge is 0.462 e. The second kappa shape index (κ2) is 7.04. The fraction of sp³-hybridized carbons (Fsp3) is 0.700. The van der Waals surface area contributed by atoms with E-state index in [1.54, 1.807) is 5.94 Å². The Morgan fingerprint density at radius 3 is 2.27 bits per heavy atom. The van der Waals surface area contributed by atoms with Crippen molar-refractivity contribution in [1.29, 1.82) is 0 Å².